The topological polar surface area (TPSA) is 58.9 Å². The van der Waals surface area contributed by atoms with Crippen molar-refractivity contribution in [1.82, 2.24) is 0 Å². The lowest BCUT2D eigenvalue weighted by Crippen LogP contribution is -2.54. The van der Waals surface area contributed by atoms with Crippen LogP contribution in [0.2, 0.25) is 0 Å². The Hall–Kier alpha value is -0.420. The normalized spacial score (nSPS) is 45.6. The van der Waals surface area contributed by atoms with Gasteiger partial charge in [-0.25, -0.2) is 0 Å². The molecule has 194 valence electrons. The van der Waals surface area contributed by atoms with Gasteiger partial charge in [0.05, 0.1) is 31.5 Å². The molecule has 0 radical (unpaired) electrons. The maximum atomic E-state index is 11.4. The molecule has 0 aromatic heterocycles. The fourth-order valence-electron chi connectivity index (χ4n) is 9.28. The molecule has 0 spiro atoms. The van der Waals surface area contributed by atoms with Crippen molar-refractivity contribution in [2.75, 3.05) is 19.8 Å². The summed E-state index contributed by atoms with van der Waals surface area (Å²) in [4.78, 5) is 0. The number of hydrogen-bond acceptors (Lipinski definition) is 4. The van der Waals surface area contributed by atoms with Crippen LogP contribution in [0.5, 0.6) is 0 Å². The Morgan fingerprint density at radius 2 is 1.88 bits per heavy atom. The molecule has 2 N–H and O–H groups in total. The Kier molecular flexibility index (Phi) is 6.79. The second-order valence-electron chi connectivity index (χ2n) is 14.0. The minimum Gasteiger partial charge on any atom is -0.390 e. The summed E-state index contributed by atoms with van der Waals surface area (Å²) >= 11 is 0. The first-order chi connectivity index (χ1) is 16.0. The van der Waals surface area contributed by atoms with Crippen LogP contribution in [-0.2, 0) is 9.47 Å². The monoisotopic (exact) mass is 474 g/mol. The molecule has 4 nitrogen and oxygen atoms in total. The van der Waals surface area contributed by atoms with Crippen molar-refractivity contribution in [2.45, 2.75) is 110 Å². The van der Waals surface area contributed by atoms with E-state index in [4.69, 9.17) is 9.47 Å². The van der Waals surface area contributed by atoms with Gasteiger partial charge in [-0.3, -0.25) is 0 Å². The average molecular weight is 475 g/mol. The first-order valence-electron chi connectivity index (χ1n) is 14.3. The van der Waals surface area contributed by atoms with Gasteiger partial charge in [-0.05, 0) is 118 Å². The molecule has 0 unspecified atom stereocenters. The largest absolute Gasteiger partial charge is 0.390 e. The van der Waals surface area contributed by atoms with Crippen LogP contribution in [0.25, 0.3) is 0 Å². The van der Waals surface area contributed by atoms with Crippen molar-refractivity contribution in [3.05, 3.63) is 11.6 Å². The smallest absolute Gasteiger partial charge is 0.102 e. The minimum atomic E-state index is -0.557. The van der Waals surface area contributed by atoms with Crippen LogP contribution in [0.3, 0.4) is 0 Å². The number of aliphatic hydroxyl groups excluding tert-OH is 1. The lowest BCUT2D eigenvalue weighted by Gasteiger charge is -2.59. The fraction of sp³-hybridized carbons (Fsp3) is 0.933. The lowest BCUT2D eigenvalue weighted by atomic mass is 9.46. The summed E-state index contributed by atoms with van der Waals surface area (Å²) in [7, 11) is 0. The molecule has 5 rings (SSSR count). The standard InChI is InChI=1S/C30H50O4/c1-19(10-13-28(2,3)32)22-8-9-23-21-6-7-25-27(31)26(34-18-20-16-33-17-20)12-15-30(25,5)24(21)11-14-29(22,23)4/h7,19-24,26-27,31-32H,6,8-18H2,1-5H3/t19-,21+,22-,23+,24+,26+,27-,29-,30-/m1/s1. The first-order valence-corrected chi connectivity index (χ1v) is 14.3. The molecule has 4 heteroatoms. The van der Waals surface area contributed by atoms with Crippen LogP contribution in [-0.4, -0.2) is 47.8 Å². The molecule has 4 fully saturated rings. The van der Waals surface area contributed by atoms with Gasteiger partial charge in [0.15, 0.2) is 0 Å². The van der Waals surface area contributed by atoms with Crippen LogP contribution in [0.1, 0.15) is 92.4 Å². The molecule has 1 saturated heterocycles. The van der Waals surface area contributed by atoms with E-state index in [1.807, 2.05) is 13.8 Å². The van der Waals surface area contributed by atoms with Crippen molar-refractivity contribution in [1.29, 1.82) is 0 Å². The molecule has 4 aliphatic carbocycles. The van der Waals surface area contributed by atoms with Gasteiger partial charge >= 0.3 is 0 Å². The maximum Gasteiger partial charge on any atom is 0.102 e. The highest BCUT2D eigenvalue weighted by Crippen LogP contribution is 2.67. The van der Waals surface area contributed by atoms with Crippen LogP contribution < -0.4 is 0 Å². The highest BCUT2D eigenvalue weighted by Gasteiger charge is 2.60. The Labute approximate surface area is 207 Å². The summed E-state index contributed by atoms with van der Waals surface area (Å²) < 4.78 is 11.5. The summed E-state index contributed by atoms with van der Waals surface area (Å²) in [5, 5.41) is 21.6. The zero-order valence-electron chi connectivity index (χ0n) is 22.4. The van der Waals surface area contributed by atoms with Crippen LogP contribution in [0, 0.1) is 46.3 Å². The number of ether oxygens (including phenoxy) is 2. The number of hydrogen-bond donors (Lipinski definition) is 2. The zero-order valence-corrected chi connectivity index (χ0v) is 22.4. The van der Waals surface area contributed by atoms with Crippen molar-refractivity contribution in [3.63, 3.8) is 0 Å². The van der Waals surface area contributed by atoms with Gasteiger partial charge in [0.25, 0.3) is 0 Å². The third-order valence-electron chi connectivity index (χ3n) is 11.4. The summed E-state index contributed by atoms with van der Waals surface area (Å²) in [6, 6.07) is 0. The molecule has 34 heavy (non-hydrogen) atoms. The third kappa shape index (κ3) is 4.33. The molecule has 0 amide bonds. The summed E-state index contributed by atoms with van der Waals surface area (Å²) in [6.45, 7) is 13.8. The summed E-state index contributed by atoms with van der Waals surface area (Å²) in [6.07, 6.45) is 12.6. The van der Waals surface area contributed by atoms with Gasteiger partial charge in [-0.15, -0.1) is 0 Å². The van der Waals surface area contributed by atoms with Crippen molar-refractivity contribution < 1.29 is 19.7 Å². The van der Waals surface area contributed by atoms with E-state index in [1.54, 1.807) is 0 Å². The zero-order chi connectivity index (χ0) is 24.3. The highest BCUT2D eigenvalue weighted by molar-refractivity contribution is 5.29. The van der Waals surface area contributed by atoms with Gasteiger partial charge in [-0.2, -0.15) is 0 Å². The highest BCUT2D eigenvalue weighted by atomic mass is 16.5. The van der Waals surface area contributed by atoms with Gasteiger partial charge < -0.3 is 19.7 Å². The second kappa shape index (κ2) is 9.15. The van der Waals surface area contributed by atoms with Crippen molar-refractivity contribution in [2.24, 2.45) is 46.3 Å². The molecule has 1 aliphatic heterocycles. The second-order valence-corrected chi connectivity index (χ2v) is 14.0. The molecule has 0 bridgehead atoms. The van der Waals surface area contributed by atoms with E-state index in [2.05, 4.69) is 26.8 Å². The van der Waals surface area contributed by atoms with Gasteiger partial charge in [0.2, 0.25) is 0 Å². The van der Waals surface area contributed by atoms with E-state index in [0.29, 0.717) is 23.2 Å². The quantitative estimate of drug-likeness (QED) is 0.461. The lowest BCUT2D eigenvalue weighted by molar-refractivity contribution is -0.128. The predicted octanol–water partition coefficient (Wildman–Crippen LogP) is 5.76. The van der Waals surface area contributed by atoms with Crippen LogP contribution >= 0.6 is 0 Å². The van der Waals surface area contributed by atoms with Crippen LogP contribution in [0.15, 0.2) is 11.6 Å². The molecule has 5 aliphatic rings. The molecule has 0 aromatic carbocycles. The van der Waals surface area contributed by atoms with E-state index < -0.39 is 11.7 Å². The average Bonchev–Trinajstić information content (AvgIpc) is 3.09. The Balaban J connectivity index is 1.28. The predicted molar refractivity (Wildman–Crippen MR) is 135 cm³/mol. The first kappa shape index (κ1) is 25.2. The number of fused-ring (bicyclic) bond motifs is 5. The van der Waals surface area contributed by atoms with Gasteiger partial charge in [0, 0.05) is 5.92 Å². The third-order valence-corrected chi connectivity index (χ3v) is 11.4. The van der Waals surface area contributed by atoms with Gasteiger partial charge in [0.1, 0.15) is 6.10 Å². The molecule has 9 atom stereocenters. The van der Waals surface area contributed by atoms with E-state index in [0.717, 1.165) is 69.7 Å². The minimum absolute atomic E-state index is 0.0437. The molecule has 0 aromatic rings. The number of allylic oxidation sites excluding steroid dienone is 1. The van der Waals surface area contributed by atoms with Crippen molar-refractivity contribution in [3.8, 4) is 0 Å². The van der Waals surface area contributed by atoms with E-state index in [-0.39, 0.29) is 11.5 Å². The number of rotatable bonds is 7. The Bertz CT molecular complexity index is 766. The Morgan fingerprint density at radius 3 is 2.56 bits per heavy atom. The van der Waals surface area contributed by atoms with E-state index in [9.17, 15) is 10.2 Å². The summed E-state index contributed by atoms with van der Waals surface area (Å²) in [5.74, 6) is 4.24. The van der Waals surface area contributed by atoms with E-state index >= 15 is 0 Å². The molecule has 3 saturated carbocycles. The summed E-state index contributed by atoms with van der Waals surface area (Å²) in [5.41, 5.74) is 1.31. The van der Waals surface area contributed by atoms with E-state index in [1.165, 1.54) is 31.3 Å². The molecular weight excluding hydrogens is 424 g/mol. The number of aliphatic hydroxyl groups is 2. The van der Waals surface area contributed by atoms with Crippen molar-refractivity contribution >= 4 is 0 Å². The molecule has 1 heterocycles. The Morgan fingerprint density at radius 1 is 1.12 bits per heavy atom. The molecular formula is C30H50O4. The SMILES string of the molecule is C[C@H](CCC(C)(C)O)[C@H]1CC[C@H]2[C@@H]3CC=C4[C@@H](O)[C@@H](OCC5COC5)CC[C@]4(C)[C@H]3CC[C@]12C. The van der Waals surface area contributed by atoms with Crippen LogP contribution in [0.4, 0.5) is 0 Å². The maximum absolute atomic E-state index is 11.4. The van der Waals surface area contributed by atoms with Gasteiger partial charge in [-0.1, -0.05) is 26.8 Å². The fourth-order valence-corrected chi connectivity index (χ4v) is 9.28.